The van der Waals surface area contributed by atoms with Crippen LogP contribution in [-0.4, -0.2) is 37.7 Å². The Morgan fingerprint density at radius 2 is 1.91 bits per heavy atom. The summed E-state index contributed by atoms with van der Waals surface area (Å²) >= 11 is 5.90. The second-order valence-corrected chi connectivity index (χ2v) is 6.90. The molecule has 1 saturated carbocycles. The van der Waals surface area contributed by atoms with E-state index in [4.69, 9.17) is 11.6 Å². The lowest BCUT2D eigenvalue weighted by atomic mass is 9.86. The lowest BCUT2D eigenvalue weighted by Gasteiger charge is -2.36. The second-order valence-electron chi connectivity index (χ2n) is 6.47. The fourth-order valence-electron chi connectivity index (χ4n) is 3.60. The Morgan fingerprint density at radius 3 is 2.50 bits per heavy atom. The molecule has 1 atom stereocenters. The number of rotatable bonds is 1. The molecule has 0 saturated heterocycles. The summed E-state index contributed by atoms with van der Waals surface area (Å²) in [5.74, 6) is -0.215. The van der Waals surface area contributed by atoms with E-state index < -0.39 is 11.2 Å². The van der Waals surface area contributed by atoms with Gasteiger partial charge in [0.2, 0.25) is 11.5 Å². The minimum atomic E-state index is -1.49. The van der Waals surface area contributed by atoms with E-state index in [1.54, 1.807) is 38.1 Å². The average Bonchev–Trinajstić information content (AvgIpc) is 2.62. The standard InChI is InChI=1S/C16H19ClN2O3/c1-15(2)14(11-6-8-12(17)9-7-11)18(21)16(19(15)22)10-4-3-5-13(16)20/h6-9,22H,3-5,10H2,1-2H3/t16-/m1/s1. The molecule has 0 aromatic heterocycles. The maximum Gasteiger partial charge on any atom is 0.310 e. The van der Waals surface area contributed by atoms with Gasteiger partial charge in [-0.2, -0.15) is 4.74 Å². The van der Waals surface area contributed by atoms with Crippen LogP contribution in [0.1, 0.15) is 45.1 Å². The van der Waals surface area contributed by atoms with Gasteiger partial charge < -0.3 is 10.4 Å². The summed E-state index contributed by atoms with van der Waals surface area (Å²) in [7, 11) is 0. The minimum Gasteiger partial charge on any atom is -0.622 e. The van der Waals surface area contributed by atoms with Crippen LogP contribution in [0.3, 0.4) is 0 Å². The molecule has 22 heavy (non-hydrogen) atoms. The minimum absolute atomic E-state index is 0.215. The smallest absolute Gasteiger partial charge is 0.310 e. The lowest BCUT2D eigenvalue weighted by Crippen LogP contribution is -2.60. The number of hydrogen-bond donors (Lipinski definition) is 1. The molecular formula is C16H19ClN2O3. The predicted octanol–water partition coefficient (Wildman–Crippen LogP) is 2.96. The fourth-order valence-corrected chi connectivity index (χ4v) is 3.72. The number of halogens is 1. The van der Waals surface area contributed by atoms with Crippen LogP contribution in [0.15, 0.2) is 24.3 Å². The molecule has 1 spiro atoms. The number of carbonyl (C=O) groups is 1. The van der Waals surface area contributed by atoms with Crippen LogP contribution in [0.5, 0.6) is 0 Å². The van der Waals surface area contributed by atoms with E-state index in [0.29, 0.717) is 29.1 Å². The number of hydrogen-bond acceptors (Lipinski definition) is 4. The van der Waals surface area contributed by atoms with E-state index in [-0.39, 0.29) is 5.78 Å². The van der Waals surface area contributed by atoms with Gasteiger partial charge >= 0.3 is 5.66 Å². The van der Waals surface area contributed by atoms with Crippen LogP contribution in [0.4, 0.5) is 0 Å². The van der Waals surface area contributed by atoms with Crippen LogP contribution < -0.4 is 0 Å². The van der Waals surface area contributed by atoms with Gasteiger partial charge in [0.05, 0.1) is 0 Å². The molecule has 1 aromatic carbocycles. The Balaban J connectivity index is 2.20. The molecule has 1 aliphatic heterocycles. The molecule has 1 N–H and O–H groups in total. The molecule has 1 aromatic rings. The Labute approximate surface area is 134 Å². The number of carbonyl (C=O) groups excluding carboxylic acids is 1. The SMILES string of the molecule is CC1(C)C(c2ccc(Cl)cc2)=[N+]([O-])[C@]2(CCCCC2=O)N1O. The molecule has 118 valence electrons. The molecule has 1 heterocycles. The maximum absolute atomic E-state index is 13.0. The van der Waals surface area contributed by atoms with Crippen molar-refractivity contribution in [3.8, 4) is 0 Å². The Bertz CT molecular complexity index is 654. The van der Waals surface area contributed by atoms with Gasteiger partial charge in [-0.15, -0.1) is 5.06 Å². The van der Waals surface area contributed by atoms with Crippen molar-refractivity contribution in [1.29, 1.82) is 0 Å². The van der Waals surface area contributed by atoms with E-state index in [2.05, 4.69) is 0 Å². The molecule has 0 radical (unpaired) electrons. The van der Waals surface area contributed by atoms with Crippen molar-refractivity contribution in [2.75, 3.05) is 0 Å². The Hall–Kier alpha value is -1.43. The van der Waals surface area contributed by atoms with Crippen LogP contribution in [0.25, 0.3) is 0 Å². The first-order valence-electron chi connectivity index (χ1n) is 7.45. The first kappa shape index (κ1) is 15.5. The van der Waals surface area contributed by atoms with Crippen molar-refractivity contribution in [2.24, 2.45) is 0 Å². The molecule has 0 bridgehead atoms. The van der Waals surface area contributed by atoms with Gasteiger partial charge in [-0.3, -0.25) is 4.79 Å². The molecule has 2 aliphatic rings. The zero-order valence-electron chi connectivity index (χ0n) is 12.7. The molecule has 0 amide bonds. The van der Waals surface area contributed by atoms with Gasteiger partial charge in [-0.05, 0) is 51.0 Å². The topological polar surface area (TPSA) is 66.6 Å². The normalized spacial score (nSPS) is 28.6. The highest BCUT2D eigenvalue weighted by Gasteiger charge is 2.66. The number of benzene rings is 1. The van der Waals surface area contributed by atoms with Crippen molar-refractivity contribution in [3.63, 3.8) is 0 Å². The zero-order valence-corrected chi connectivity index (χ0v) is 13.4. The highest BCUT2D eigenvalue weighted by molar-refractivity contribution is 6.30. The first-order valence-corrected chi connectivity index (χ1v) is 7.83. The Morgan fingerprint density at radius 1 is 1.27 bits per heavy atom. The van der Waals surface area contributed by atoms with Gasteiger partial charge in [-0.25, -0.2) is 0 Å². The fraction of sp³-hybridized carbons (Fsp3) is 0.500. The molecule has 6 heteroatoms. The van der Waals surface area contributed by atoms with E-state index >= 15 is 0 Å². The largest absolute Gasteiger partial charge is 0.622 e. The number of hydroxylamine groups is 3. The van der Waals surface area contributed by atoms with Crippen molar-refractivity contribution in [2.45, 2.75) is 50.7 Å². The third kappa shape index (κ3) is 1.93. The molecule has 0 unspecified atom stereocenters. The van der Waals surface area contributed by atoms with E-state index in [1.807, 2.05) is 0 Å². The lowest BCUT2D eigenvalue weighted by molar-refractivity contribution is -0.573. The number of ketones is 1. The summed E-state index contributed by atoms with van der Waals surface area (Å²) in [5, 5.41) is 25.2. The number of nitrogens with zero attached hydrogens (tertiary/aromatic N) is 2. The van der Waals surface area contributed by atoms with Crippen molar-refractivity contribution >= 4 is 23.1 Å². The monoisotopic (exact) mass is 322 g/mol. The van der Waals surface area contributed by atoms with Crippen molar-refractivity contribution < 1.29 is 14.7 Å². The van der Waals surface area contributed by atoms with Gasteiger partial charge in [0.1, 0.15) is 5.54 Å². The van der Waals surface area contributed by atoms with Crippen LogP contribution in [0.2, 0.25) is 5.02 Å². The Kier molecular flexibility index (Phi) is 3.55. The second kappa shape index (κ2) is 5.05. The van der Waals surface area contributed by atoms with Crippen molar-refractivity contribution in [1.82, 2.24) is 5.06 Å². The zero-order chi connectivity index (χ0) is 16.1. The third-order valence-corrected chi connectivity index (χ3v) is 4.99. The molecule has 3 rings (SSSR count). The van der Waals surface area contributed by atoms with Crippen molar-refractivity contribution in [3.05, 3.63) is 40.1 Å². The summed E-state index contributed by atoms with van der Waals surface area (Å²) in [6, 6.07) is 6.88. The predicted molar refractivity (Wildman–Crippen MR) is 83.1 cm³/mol. The molecule has 1 aliphatic carbocycles. The maximum atomic E-state index is 13.0. The highest BCUT2D eigenvalue weighted by Crippen LogP contribution is 2.41. The molecule has 5 nitrogen and oxygen atoms in total. The van der Waals surface area contributed by atoms with Crippen LogP contribution in [0, 0.1) is 5.21 Å². The summed E-state index contributed by atoms with van der Waals surface area (Å²) in [6.45, 7) is 3.50. The molecular weight excluding hydrogens is 304 g/mol. The molecule has 1 fully saturated rings. The van der Waals surface area contributed by atoms with Gasteiger partial charge in [0, 0.05) is 23.4 Å². The van der Waals surface area contributed by atoms with E-state index in [9.17, 15) is 15.2 Å². The van der Waals surface area contributed by atoms with Crippen LogP contribution >= 0.6 is 11.6 Å². The summed E-state index contributed by atoms with van der Waals surface area (Å²) in [4.78, 5) is 12.5. The van der Waals surface area contributed by atoms with Gasteiger partial charge in [-0.1, -0.05) is 11.6 Å². The van der Waals surface area contributed by atoms with Crippen LogP contribution in [-0.2, 0) is 4.79 Å². The van der Waals surface area contributed by atoms with Gasteiger partial charge in [0.25, 0.3) is 0 Å². The number of Topliss-reactive ketones (excluding diaryl/α,β-unsaturated/α-hetero) is 1. The first-order chi connectivity index (χ1) is 10.3. The third-order valence-electron chi connectivity index (χ3n) is 4.74. The van der Waals surface area contributed by atoms with E-state index in [1.165, 1.54) is 0 Å². The van der Waals surface area contributed by atoms with Gasteiger partial charge in [0.15, 0.2) is 0 Å². The summed E-state index contributed by atoms with van der Waals surface area (Å²) in [5.41, 5.74) is -1.39. The summed E-state index contributed by atoms with van der Waals surface area (Å²) in [6.07, 6.45) is 2.16. The average molecular weight is 323 g/mol. The summed E-state index contributed by atoms with van der Waals surface area (Å²) < 4.78 is 0.720. The quantitative estimate of drug-likeness (QED) is 0.637. The highest BCUT2D eigenvalue weighted by atomic mass is 35.5. The van der Waals surface area contributed by atoms with E-state index in [0.717, 1.165) is 22.6 Å².